The lowest BCUT2D eigenvalue weighted by atomic mass is 10.2. The molecule has 0 aliphatic rings. The molecule has 0 fully saturated rings. The van der Waals surface area contributed by atoms with E-state index in [1.165, 1.54) is 5.56 Å². The summed E-state index contributed by atoms with van der Waals surface area (Å²) in [6.45, 7) is 4.92. The molecule has 0 N–H and O–H groups in total. The van der Waals surface area contributed by atoms with E-state index in [2.05, 4.69) is 49.9 Å². The van der Waals surface area contributed by atoms with Crippen LogP contribution in [0.15, 0.2) is 34.9 Å². The Morgan fingerprint density at radius 3 is 2.60 bits per heavy atom. The van der Waals surface area contributed by atoms with E-state index < -0.39 is 0 Å². The van der Waals surface area contributed by atoms with Gasteiger partial charge in [-0.2, -0.15) is 0 Å². The highest BCUT2D eigenvalue weighted by Gasteiger charge is 2.03. The first-order chi connectivity index (χ1) is 7.16. The van der Waals surface area contributed by atoms with Crippen LogP contribution in [0, 0.1) is 13.8 Å². The van der Waals surface area contributed by atoms with Crippen molar-refractivity contribution < 1.29 is 0 Å². The highest BCUT2D eigenvalue weighted by Crippen LogP contribution is 2.17. The number of aromatic nitrogens is 2. The summed E-state index contributed by atoms with van der Waals surface area (Å²) in [6, 6.07) is 8.27. The molecule has 1 aromatic heterocycles. The summed E-state index contributed by atoms with van der Waals surface area (Å²) in [4.78, 5) is 4.38. The van der Waals surface area contributed by atoms with Crippen LogP contribution in [-0.2, 0) is 6.54 Å². The second kappa shape index (κ2) is 4.19. The average Bonchev–Trinajstić information content (AvgIpc) is 2.49. The molecule has 0 spiro atoms. The van der Waals surface area contributed by atoms with Crippen LogP contribution in [0.25, 0.3) is 0 Å². The quantitative estimate of drug-likeness (QED) is 0.814. The summed E-state index contributed by atoms with van der Waals surface area (Å²) >= 11 is 3.55. The number of rotatable bonds is 2. The molecule has 0 saturated carbocycles. The Morgan fingerprint density at radius 2 is 2.00 bits per heavy atom. The normalized spacial score (nSPS) is 10.6. The van der Waals surface area contributed by atoms with Gasteiger partial charge >= 0.3 is 0 Å². The minimum Gasteiger partial charge on any atom is -0.330 e. The van der Waals surface area contributed by atoms with Crippen LogP contribution in [0.2, 0.25) is 0 Å². The predicted octanol–water partition coefficient (Wildman–Crippen LogP) is 3.31. The summed E-state index contributed by atoms with van der Waals surface area (Å²) in [5.74, 6) is 1.06. The van der Waals surface area contributed by atoms with Crippen molar-refractivity contribution in [3.8, 4) is 0 Å². The van der Waals surface area contributed by atoms with Crippen LogP contribution < -0.4 is 0 Å². The van der Waals surface area contributed by atoms with Gasteiger partial charge in [-0.1, -0.05) is 34.1 Å². The molecule has 2 nitrogen and oxygen atoms in total. The van der Waals surface area contributed by atoms with Gasteiger partial charge in [-0.3, -0.25) is 0 Å². The van der Waals surface area contributed by atoms with Crippen molar-refractivity contribution in [2.24, 2.45) is 0 Å². The summed E-state index contributed by atoms with van der Waals surface area (Å²) < 4.78 is 3.31. The topological polar surface area (TPSA) is 17.8 Å². The van der Waals surface area contributed by atoms with Crippen LogP contribution in [0.1, 0.15) is 17.1 Å². The third-order valence-corrected chi connectivity index (χ3v) is 3.17. The Bertz CT molecular complexity index is 474. The van der Waals surface area contributed by atoms with Crippen molar-refractivity contribution in [3.63, 3.8) is 0 Å². The predicted molar refractivity (Wildman–Crippen MR) is 64.9 cm³/mol. The second-order valence-corrected chi connectivity index (χ2v) is 4.50. The summed E-state index contributed by atoms with van der Waals surface area (Å²) in [5, 5.41) is 0. The maximum absolute atomic E-state index is 4.38. The van der Waals surface area contributed by atoms with Crippen molar-refractivity contribution in [1.29, 1.82) is 0 Å². The number of imidazole rings is 1. The molecule has 0 aliphatic carbocycles. The standard InChI is InChI=1S/C12H13BrN2/c1-9-7-15(10(2)14-9)8-11-5-3-4-6-12(11)13/h3-7H,8H2,1-2H3. The average molecular weight is 265 g/mol. The minimum atomic E-state index is 0.869. The monoisotopic (exact) mass is 264 g/mol. The molecule has 0 amide bonds. The van der Waals surface area contributed by atoms with E-state index in [9.17, 15) is 0 Å². The molecule has 0 radical (unpaired) electrons. The van der Waals surface area contributed by atoms with Gasteiger partial charge in [-0.05, 0) is 25.5 Å². The first-order valence-corrected chi connectivity index (χ1v) is 5.70. The fourth-order valence-corrected chi connectivity index (χ4v) is 2.05. The fraction of sp³-hybridized carbons (Fsp3) is 0.250. The lowest BCUT2D eigenvalue weighted by molar-refractivity contribution is 0.759. The van der Waals surface area contributed by atoms with E-state index in [1.807, 2.05) is 19.9 Å². The molecule has 1 heterocycles. The molecule has 15 heavy (non-hydrogen) atoms. The highest BCUT2D eigenvalue weighted by molar-refractivity contribution is 9.10. The van der Waals surface area contributed by atoms with Gasteiger partial charge in [0.2, 0.25) is 0 Å². The van der Waals surface area contributed by atoms with Gasteiger partial charge in [-0.25, -0.2) is 4.98 Å². The summed E-state index contributed by atoms with van der Waals surface area (Å²) in [7, 11) is 0. The smallest absolute Gasteiger partial charge is 0.106 e. The molecule has 0 bridgehead atoms. The Kier molecular flexibility index (Phi) is 2.91. The van der Waals surface area contributed by atoms with E-state index in [0.717, 1.165) is 22.5 Å². The molecular formula is C12H13BrN2. The largest absolute Gasteiger partial charge is 0.330 e. The third kappa shape index (κ3) is 2.29. The van der Waals surface area contributed by atoms with Crippen LogP contribution in [0.4, 0.5) is 0 Å². The van der Waals surface area contributed by atoms with Gasteiger partial charge in [0.25, 0.3) is 0 Å². The second-order valence-electron chi connectivity index (χ2n) is 3.65. The molecule has 2 rings (SSSR count). The zero-order valence-electron chi connectivity index (χ0n) is 8.87. The maximum atomic E-state index is 4.38. The molecule has 0 aliphatic heterocycles. The Hall–Kier alpha value is -1.09. The zero-order valence-corrected chi connectivity index (χ0v) is 10.5. The number of halogens is 1. The third-order valence-electron chi connectivity index (χ3n) is 2.40. The maximum Gasteiger partial charge on any atom is 0.106 e. The molecule has 2 aromatic rings. The van der Waals surface area contributed by atoms with Gasteiger partial charge in [0.1, 0.15) is 5.82 Å². The SMILES string of the molecule is Cc1cn(Cc2ccccc2Br)c(C)n1. The van der Waals surface area contributed by atoms with Gasteiger partial charge in [0.15, 0.2) is 0 Å². The molecule has 0 atom stereocenters. The Balaban J connectivity index is 2.29. The summed E-state index contributed by atoms with van der Waals surface area (Å²) in [5.41, 5.74) is 2.34. The van der Waals surface area contributed by atoms with E-state index >= 15 is 0 Å². The van der Waals surface area contributed by atoms with Crippen LogP contribution in [0.3, 0.4) is 0 Å². The lowest BCUT2D eigenvalue weighted by Crippen LogP contribution is -2.01. The van der Waals surface area contributed by atoms with Crippen LogP contribution in [-0.4, -0.2) is 9.55 Å². The molecular weight excluding hydrogens is 252 g/mol. The number of aryl methyl sites for hydroxylation is 2. The number of hydrogen-bond donors (Lipinski definition) is 0. The number of hydrogen-bond acceptors (Lipinski definition) is 1. The van der Waals surface area contributed by atoms with Crippen molar-refractivity contribution in [2.75, 3.05) is 0 Å². The van der Waals surface area contributed by atoms with Gasteiger partial charge < -0.3 is 4.57 Å². The first kappa shape index (κ1) is 10.4. The fourth-order valence-electron chi connectivity index (χ4n) is 1.64. The van der Waals surface area contributed by atoms with Crippen LogP contribution in [0.5, 0.6) is 0 Å². The Morgan fingerprint density at radius 1 is 1.27 bits per heavy atom. The highest BCUT2D eigenvalue weighted by atomic mass is 79.9. The van der Waals surface area contributed by atoms with Gasteiger partial charge in [0.05, 0.1) is 5.69 Å². The molecule has 0 unspecified atom stereocenters. The summed E-state index contributed by atoms with van der Waals surface area (Å²) in [6.07, 6.45) is 2.08. The van der Waals surface area contributed by atoms with Crippen LogP contribution >= 0.6 is 15.9 Å². The van der Waals surface area contributed by atoms with Crippen molar-refractivity contribution in [2.45, 2.75) is 20.4 Å². The van der Waals surface area contributed by atoms with E-state index in [1.54, 1.807) is 0 Å². The Labute approximate surface area is 98.1 Å². The first-order valence-electron chi connectivity index (χ1n) is 4.90. The lowest BCUT2D eigenvalue weighted by Gasteiger charge is -2.06. The van der Waals surface area contributed by atoms with E-state index in [4.69, 9.17) is 0 Å². The number of benzene rings is 1. The van der Waals surface area contributed by atoms with Gasteiger partial charge in [-0.15, -0.1) is 0 Å². The number of nitrogens with zero attached hydrogens (tertiary/aromatic N) is 2. The van der Waals surface area contributed by atoms with E-state index in [-0.39, 0.29) is 0 Å². The molecule has 0 saturated heterocycles. The molecule has 3 heteroatoms. The van der Waals surface area contributed by atoms with Crippen molar-refractivity contribution in [3.05, 3.63) is 52.0 Å². The zero-order chi connectivity index (χ0) is 10.8. The van der Waals surface area contributed by atoms with Crippen molar-refractivity contribution in [1.82, 2.24) is 9.55 Å². The van der Waals surface area contributed by atoms with Crippen molar-refractivity contribution >= 4 is 15.9 Å². The van der Waals surface area contributed by atoms with E-state index in [0.29, 0.717) is 0 Å². The molecule has 1 aromatic carbocycles. The molecule has 78 valence electrons. The van der Waals surface area contributed by atoms with Gasteiger partial charge in [0, 0.05) is 17.2 Å². The minimum absolute atomic E-state index is 0.869.